The Morgan fingerprint density at radius 3 is 2.31 bits per heavy atom. The summed E-state index contributed by atoms with van der Waals surface area (Å²) in [6, 6.07) is 30.1. The number of nitrogen functional groups attached to an aromatic ring is 1. The third-order valence-corrected chi connectivity index (χ3v) is 5.46. The van der Waals surface area contributed by atoms with Crippen LogP contribution < -0.4 is 5.73 Å². The van der Waals surface area contributed by atoms with Crippen molar-refractivity contribution < 1.29 is 0 Å². The highest BCUT2D eigenvalue weighted by atomic mass is 15.0. The van der Waals surface area contributed by atoms with Gasteiger partial charge in [0.1, 0.15) is 0 Å². The van der Waals surface area contributed by atoms with Gasteiger partial charge in [0, 0.05) is 27.6 Å². The number of benzene rings is 4. The van der Waals surface area contributed by atoms with Crippen molar-refractivity contribution >= 4 is 27.5 Å². The highest BCUT2D eigenvalue weighted by Gasteiger charge is 2.23. The zero-order valence-electron chi connectivity index (χ0n) is 14.1. The summed E-state index contributed by atoms with van der Waals surface area (Å²) in [6.45, 7) is 0. The first-order chi connectivity index (χ1) is 12.8. The topological polar surface area (TPSA) is 30.9 Å². The van der Waals surface area contributed by atoms with E-state index in [1.165, 1.54) is 49.7 Å². The fourth-order valence-corrected chi connectivity index (χ4v) is 4.40. The molecule has 0 amide bonds. The van der Waals surface area contributed by atoms with E-state index < -0.39 is 0 Å². The molecule has 2 heteroatoms. The average molecular weight is 332 g/mol. The third kappa shape index (κ3) is 1.61. The van der Waals surface area contributed by atoms with Gasteiger partial charge in [-0.25, -0.2) is 0 Å². The molecule has 6 rings (SSSR count). The van der Waals surface area contributed by atoms with Crippen molar-refractivity contribution in [3.63, 3.8) is 0 Å². The molecule has 0 saturated carbocycles. The van der Waals surface area contributed by atoms with Gasteiger partial charge in [0.05, 0.1) is 16.7 Å². The van der Waals surface area contributed by atoms with E-state index in [2.05, 4.69) is 83.4 Å². The van der Waals surface area contributed by atoms with Gasteiger partial charge in [0.15, 0.2) is 0 Å². The van der Waals surface area contributed by atoms with Crippen molar-refractivity contribution in [3.8, 4) is 27.9 Å². The fourth-order valence-electron chi connectivity index (χ4n) is 4.40. The molecule has 2 heterocycles. The van der Waals surface area contributed by atoms with Gasteiger partial charge in [0.25, 0.3) is 0 Å². The molecule has 5 aromatic rings. The van der Waals surface area contributed by atoms with E-state index in [4.69, 9.17) is 5.73 Å². The Bertz CT molecular complexity index is 1340. The first-order valence-electron chi connectivity index (χ1n) is 8.85. The number of nitrogens with two attached hydrogens (primary N) is 1. The molecule has 122 valence electrons. The summed E-state index contributed by atoms with van der Waals surface area (Å²) in [6.07, 6.45) is 0. The molecule has 1 aliphatic heterocycles. The van der Waals surface area contributed by atoms with Crippen molar-refractivity contribution in [3.05, 3.63) is 84.9 Å². The minimum absolute atomic E-state index is 0.794. The average Bonchev–Trinajstić information content (AvgIpc) is 2.96. The van der Waals surface area contributed by atoms with Crippen LogP contribution >= 0.6 is 0 Å². The second kappa shape index (κ2) is 4.77. The summed E-state index contributed by atoms with van der Waals surface area (Å²) >= 11 is 0. The summed E-state index contributed by atoms with van der Waals surface area (Å²) in [7, 11) is 0. The van der Waals surface area contributed by atoms with Gasteiger partial charge < -0.3 is 10.3 Å². The van der Waals surface area contributed by atoms with Crippen LogP contribution in [0, 0.1) is 0 Å². The molecular formula is C24H16N2. The van der Waals surface area contributed by atoms with E-state index in [0.29, 0.717) is 0 Å². The number of hydrogen-bond donors (Lipinski definition) is 1. The molecule has 4 aromatic carbocycles. The Kier molecular flexibility index (Phi) is 2.52. The maximum absolute atomic E-state index is 6.17. The van der Waals surface area contributed by atoms with E-state index >= 15 is 0 Å². The summed E-state index contributed by atoms with van der Waals surface area (Å²) in [5, 5.41) is 2.56. The molecule has 26 heavy (non-hydrogen) atoms. The quantitative estimate of drug-likeness (QED) is 0.339. The lowest BCUT2D eigenvalue weighted by molar-refractivity contribution is 1.19. The lowest BCUT2D eigenvalue weighted by atomic mass is 9.93. The maximum atomic E-state index is 6.17. The molecule has 0 bridgehead atoms. The smallest absolute Gasteiger partial charge is 0.0619 e. The minimum atomic E-state index is 0.794. The van der Waals surface area contributed by atoms with Gasteiger partial charge in [-0.15, -0.1) is 0 Å². The maximum Gasteiger partial charge on any atom is 0.0619 e. The number of nitrogens with zero attached hydrogens (tertiary/aromatic N) is 1. The van der Waals surface area contributed by atoms with E-state index in [1.54, 1.807) is 0 Å². The zero-order valence-corrected chi connectivity index (χ0v) is 14.1. The molecule has 0 saturated heterocycles. The van der Waals surface area contributed by atoms with E-state index in [9.17, 15) is 0 Å². The van der Waals surface area contributed by atoms with Crippen molar-refractivity contribution in [2.24, 2.45) is 0 Å². The van der Waals surface area contributed by atoms with E-state index in [-0.39, 0.29) is 0 Å². The predicted molar refractivity (Wildman–Crippen MR) is 110 cm³/mol. The Labute approximate surface area is 151 Å². The SMILES string of the molecule is Nc1ccc2c(c1)-c1cccc3c4ccccc4n(c13)-c1ccccc1-2. The highest BCUT2D eigenvalue weighted by molar-refractivity contribution is 6.16. The van der Waals surface area contributed by atoms with Crippen LogP contribution in [0.1, 0.15) is 0 Å². The van der Waals surface area contributed by atoms with Crippen molar-refractivity contribution in [2.45, 2.75) is 0 Å². The molecule has 0 radical (unpaired) electrons. The number of fused-ring (bicyclic) bond motifs is 8. The normalized spacial score (nSPS) is 12.0. The first-order valence-corrected chi connectivity index (χ1v) is 8.85. The number of aromatic nitrogens is 1. The highest BCUT2D eigenvalue weighted by Crippen LogP contribution is 2.46. The fraction of sp³-hybridized carbons (Fsp3) is 0. The van der Waals surface area contributed by atoms with Crippen LogP contribution in [0.3, 0.4) is 0 Å². The second-order valence-electron chi connectivity index (χ2n) is 6.88. The van der Waals surface area contributed by atoms with Crippen molar-refractivity contribution in [1.29, 1.82) is 0 Å². The molecule has 1 aromatic heterocycles. The van der Waals surface area contributed by atoms with Gasteiger partial charge >= 0.3 is 0 Å². The van der Waals surface area contributed by atoms with Gasteiger partial charge in [0.2, 0.25) is 0 Å². The Hall–Kier alpha value is -3.52. The van der Waals surface area contributed by atoms with Crippen molar-refractivity contribution in [2.75, 3.05) is 5.73 Å². The standard InChI is InChI=1S/C24H16N2/c25-15-12-13-16-17-6-1-3-10-22(17)26-23-11-4-2-7-18(23)19-8-5-9-20(24(19)26)21(16)14-15/h1-14H,25H2. The number of anilines is 1. The monoisotopic (exact) mass is 332 g/mol. The Morgan fingerprint density at radius 1 is 0.577 bits per heavy atom. The molecular weight excluding hydrogens is 316 g/mol. The molecule has 0 spiro atoms. The van der Waals surface area contributed by atoms with Crippen LogP contribution in [0.5, 0.6) is 0 Å². The van der Waals surface area contributed by atoms with E-state index in [1.807, 2.05) is 6.07 Å². The zero-order chi connectivity index (χ0) is 17.3. The Morgan fingerprint density at radius 2 is 1.35 bits per heavy atom. The molecule has 0 atom stereocenters. The molecule has 0 aliphatic carbocycles. The number of rotatable bonds is 0. The van der Waals surface area contributed by atoms with Crippen molar-refractivity contribution in [1.82, 2.24) is 4.57 Å². The summed E-state index contributed by atoms with van der Waals surface area (Å²) in [4.78, 5) is 0. The molecule has 0 unspecified atom stereocenters. The van der Waals surface area contributed by atoms with Gasteiger partial charge in [-0.2, -0.15) is 0 Å². The lowest BCUT2D eigenvalue weighted by Gasteiger charge is -2.12. The summed E-state index contributed by atoms with van der Waals surface area (Å²) in [5.74, 6) is 0. The predicted octanol–water partition coefficient (Wildman–Crippen LogP) is 6.01. The number of para-hydroxylation sites is 3. The lowest BCUT2D eigenvalue weighted by Crippen LogP contribution is -1.95. The van der Waals surface area contributed by atoms with Gasteiger partial charge in [-0.3, -0.25) is 0 Å². The summed E-state index contributed by atoms with van der Waals surface area (Å²) < 4.78 is 2.41. The molecule has 0 fully saturated rings. The second-order valence-corrected chi connectivity index (χ2v) is 6.88. The third-order valence-electron chi connectivity index (χ3n) is 5.46. The minimum Gasteiger partial charge on any atom is -0.399 e. The first kappa shape index (κ1) is 13.7. The van der Waals surface area contributed by atoms with Crippen LogP contribution in [0.4, 0.5) is 5.69 Å². The van der Waals surface area contributed by atoms with E-state index in [0.717, 1.165) is 5.69 Å². The van der Waals surface area contributed by atoms with Gasteiger partial charge in [-0.05, 0) is 35.4 Å². The van der Waals surface area contributed by atoms with Crippen LogP contribution in [0.2, 0.25) is 0 Å². The van der Waals surface area contributed by atoms with Crippen LogP contribution in [-0.2, 0) is 0 Å². The van der Waals surface area contributed by atoms with Crippen LogP contribution in [0.15, 0.2) is 84.9 Å². The largest absolute Gasteiger partial charge is 0.399 e. The molecule has 2 nitrogen and oxygen atoms in total. The number of hydrogen-bond acceptors (Lipinski definition) is 1. The van der Waals surface area contributed by atoms with Crippen LogP contribution in [0.25, 0.3) is 49.7 Å². The molecule has 2 N–H and O–H groups in total. The van der Waals surface area contributed by atoms with Crippen LogP contribution in [-0.4, -0.2) is 4.57 Å². The summed E-state index contributed by atoms with van der Waals surface area (Å²) in [5.41, 5.74) is 15.6. The molecule has 1 aliphatic rings. The van der Waals surface area contributed by atoms with Gasteiger partial charge in [-0.1, -0.05) is 60.7 Å². The Balaban J connectivity index is 1.97.